The molecule has 0 aliphatic heterocycles. The van der Waals surface area contributed by atoms with E-state index in [0.717, 1.165) is 0 Å². The van der Waals surface area contributed by atoms with Gasteiger partial charge in [-0.25, -0.2) is 0 Å². The third kappa shape index (κ3) is 80.2. The zero-order valence-corrected chi connectivity index (χ0v) is 15.6. The van der Waals surface area contributed by atoms with Gasteiger partial charge in [-0.15, -0.1) is 12.2 Å². The predicted molar refractivity (Wildman–Crippen MR) is 75.5 cm³/mol. The Morgan fingerprint density at radius 2 is 1.00 bits per heavy atom. The molecule has 17 heavy (non-hydrogen) atoms. The van der Waals surface area contributed by atoms with Crippen molar-refractivity contribution in [3.05, 3.63) is 0 Å². The van der Waals surface area contributed by atoms with Crippen LogP contribution in [0.3, 0.4) is 0 Å². The van der Waals surface area contributed by atoms with Crippen LogP contribution in [0.2, 0.25) is 8.87 Å². The van der Waals surface area contributed by atoms with Crippen LogP contribution in [0.15, 0.2) is 0 Å². The fourth-order valence-electron chi connectivity index (χ4n) is 0.729. The Morgan fingerprint density at radius 1 is 0.765 bits per heavy atom. The van der Waals surface area contributed by atoms with Gasteiger partial charge in [0.1, 0.15) is 0 Å². The number of hydrogen-bond donors (Lipinski definition) is 0. The quantitative estimate of drug-likeness (QED) is 0.546. The van der Waals surface area contributed by atoms with E-state index in [2.05, 4.69) is 13.8 Å². The monoisotopic (exact) mass is 352 g/mol. The third-order valence-electron chi connectivity index (χ3n) is 1.41. The van der Waals surface area contributed by atoms with Gasteiger partial charge < -0.3 is 10.2 Å². The summed E-state index contributed by atoms with van der Waals surface area (Å²) in [7, 11) is 0. The van der Waals surface area contributed by atoms with Gasteiger partial charge in [-0.1, -0.05) is 27.7 Å². The molecule has 104 valence electrons. The van der Waals surface area contributed by atoms with Crippen LogP contribution in [0.1, 0.15) is 67.2 Å². The summed E-state index contributed by atoms with van der Waals surface area (Å²) in [6, 6.07) is 0. The minimum atomic E-state index is -0.417. The molecule has 2 nitrogen and oxygen atoms in total. The Balaban J connectivity index is -0.000000205. The molecule has 0 heterocycles. The molecule has 0 amide bonds. The molecule has 0 saturated carbocycles. The van der Waals surface area contributed by atoms with E-state index in [1.54, 1.807) is 36.6 Å². The molecule has 3 heteroatoms. The van der Waals surface area contributed by atoms with E-state index in [0.29, 0.717) is 0 Å². The Labute approximate surface area is 119 Å². The van der Waals surface area contributed by atoms with Crippen LogP contribution < -0.4 is 10.2 Å². The van der Waals surface area contributed by atoms with Gasteiger partial charge in [-0.2, -0.15) is 0 Å². The van der Waals surface area contributed by atoms with Gasteiger partial charge in [0.15, 0.2) is 0 Å². The van der Waals surface area contributed by atoms with Gasteiger partial charge in [-0.05, 0) is 0 Å². The molecule has 0 aromatic heterocycles. The summed E-state index contributed by atoms with van der Waals surface area (Å²) < 4.78 is 3.25. The first-order valence-electron chi connectivity index (χ1n) is 6.90. The molecular weight excluding hydrogens is 319 g/mol. The van der Waals surface area contributed by atoms with E-state index in [1.165, 1.54) is 25.7 Å². The second-order valence-corrected chi connectivity index (χ2v) is 8.84. The van der Waals surface area contributed by atoms with Crippen LogP contribution in [0.5, 0.6) is 0 Å². The molecule has 0 aliphatic carbocycles. The topological polar surface area (TPSA) is 46.1 Å². The van der Waals surface area contributed by atoms with Crippen LogP contribution >= 0.6 is 0 Å². The zero-order chi connectivity index (χ0) is 14.1. The molecule has 0 aliphatic rings. The van der Waals surface area contributed by atoms with Crippen LogP contribution in [-0.4, -0.2) is 33.4 Å². The molecule has 0 saturated heterocycles. The molecule has 0 unspecified atom stereocenters. The van der Waals surface area contributed by atoms with Crippen molar-refractivity contribution in [1.29, 1.82) is 0 Å². The Morgan fingerprint density at radius 3 is 1.18 bits per heavy atom. The number of hydrogen-bond acceptors (Lipinski definition) is 2. The van der Waals surface area contributed by atoms with Crippen molar-refractivity contribution in [2.24, 2.45) is 0 Å². The summed E-state index contributed by atoms with van der Waals surface area (Å²) in [6.45, 7) is 11.0. The maximum atomic E-state index is 9.53. The summed E-state index contributed by atoms with van der Waals surface area (Å²) >= 11 is 0.149. The van der Waals surface area contributed by atoms with Gasteiger partial charge in [0, 0.05) is 0 Å². The summed E-state index contributed by atoms with van der Waals surface area (Å²) in [4.78, 5) is 0. The van der Waals surface area contributed by atoms with E-state index in [-0.39, 0.29) is 21.1 Å². The van der Waals surface area contributed by atoms with Gasteiger partial charge >= 0.3 is 69.5 Å². The first-order chi connectivity index (χ1) is 7.88. The second-order valence-electron chi connectivity index (χ2n) is 4.55. The maximum absolute atomic E-state index is 9.53. The van der Waals surface area contributed by atoms with Crippen molar-refractivity contribution in [3.63, 3.8) is 0 Å². The van der Waals surface area contributed by atoms with E-state index in [1.807, 2.05) is 0 Å². The summed E-state index contributed by atoms with van der Waals surface area (Å²) in [5, 5.41) is 19.1. The van der Waals surface area contributed by atoms with E-state index in [4.69, 9.17) is 0 Å². The average Bonchev–Trinajstić information content (AvgIpc) is 2.16. The standard InChI is InChI=1S/2C4H9.2C3H7O.Sn/c2*1-3-4-2;2*1-3(2)4;/h2*1,3-4H2,2H3;2*3H,1-2H3;/q;;2*-1;+2. The fraction of sp³-hybridized carbons (Fsp3) is 1.00. The van der Waals surface area contributed by atoms with Gasteiger partial charge in [0.05, 0.1) is 0 Å². The summed E-state index contributed by atoms with van der Waals surface area (Å²) in [5.41, 5.74) is 0. The van der Waals surface area contributed by atoms with Crippen molar-refractivity contribution < 1.29 is 10.2 Å². The van der Waals surface area contributed by atoms with Crippen molar-refractivity contribution in [1.82, 2.24) is 0 Å². The molecule has 0 aromatic rings. The van der Waals surface area contributed by atoms with E-state index < -0.39 is 12.2 Å². The first-order valence-corrected chi connectivity index (χ1v) is 10.9. The van der Waals surface area contributed by atoms with Crippen molar-refractivity contribution in [2.45, 2.75) is 88.3 Å². The first kappa shape index (κ1) is 22.9. The molecule has 0 spiro atoms. The molecule has 0 rings (SSSR count). The molecule has 0 aromatic carbocycles. The van der Waals surface area contributed by atoms with Crippen molar-refractivity contribution in [2.75, 3.05) is 0 Å². The van der Waals surface area contributed by atoms with Gasteiger partial charge in [-0.3, -0.25) is 0 Å². The predicted octanol–water partition coefficient (Wildman–Crippen LogP) is 2.64. The molecular formula is C14H32O2Sn. The molecule has 0 bridgehead atoms. The van der Waals surface area contributed by atoms with Gasteiger partial charge in [0.25, 0.3) is 0 Å². The Bertz CT molecular complexity index is 88.9. The van der Waals surface area contributed by atoms with Crippen LogP contribution in [0.4, 0.5) is 0 Å². The van der Waals surface area contributed by atoms with Crippen LogP contribution in [-0.2, 0) is 0 Å². The van der Waals surface area contributed by atoms with Crippen LogP contribution in [0, 0.1) is 0 Å². The average molecular weight is 351 g/mol. The Hall–Kier alpha value is 0.719. The number of unbranched alkanes of at least 4 members (excludes halogenated alkanes) is 2. The molecule has 0 N–H and O–H groups in total. The Kier molecular flexibility index (Phi) is 29.5. The number of rotatable bonds is 6. The minimum absolute atomic E-state index is 0.149. The van der Waals surface area contributed by atoms with Crippen LogP contribution in [0.25, 0.3) is 0 Å². The SMILES string of the molecule is CC(C)[O-].CC(C)[O-].CCC[CH2][Sn+2][CH2]CCC. The van der Waals surface area contributed by atoms with Gasteiger partial charge in [0.2, 0.25) is 0 Å². The van der Waals surface area contributed by atoms with E-state index in [9.17, 15) is 10.2 Å². The summed E-state index contributed by atoms with van der Waals surface area (Å²) in [5.74, 6) is 0. The third-order valence-corrected chi connectivity index (χ3v) is 5.45. The van der Waals surface area contributed by atoms with Crippen molar-refractivity contribution >= 4 is 21.1 Å². The fourth-order valence-corrected chi connectivity index (χ4v) is 4.89. The molecule has 0 atom stereocenters. The molecule has 0 radical (unpaired) electrons. The normalized spacial score (nSPS) is 9.06. The van der Waals surface area contributed by atoms with E-state index >= 15 is 0 Å². The zero-order valence-electron chi connectivity index (χ0n) is 12.7. The van der Waals surface area contributed by atoms with Crippen molar-refractivity contribution in [3.8, 4) is 0 Å². The second kappa shape index (κ2) is 21.9. The molecule has 0 fully saturated rings. The summed E-state index contributed by atoms with van der Waals surface area (Å²) in [6.07, 6.45) is 5.01.